The number of hydrogen-bond acceptors (Lipinski definition) is 5. The molecular formula is C19H15ClN2O3S. The second-order valence-corrected chi connectivity index (χ2v) is 7.36. The Labute approximate surface area is 159 Å². The molecule has 0 saturated carbocycles. The minimum atomic E-state index is -0.113. The van der Waals surface area contributed by atoms with Gasteiger partial charge in [-0.2, -0.15) is 0 Å². The van der Waals surface area contributed by atoms with E-state index in [0.717, 1.165) is 20.8 Å². The highest BCUT2D eigenvalue weighted by Crippen LogP contribution is 2.40. The van der Waals surface area contributed by atoms with Gasteiger partial charge in [-0.15, -0.1) is 11.3 Å². The van der Waals surface area contributed by atoms with Crippen molar-refractivity contribution in [2.45, 2.75) is 6.54 Å². The number of carbonyl (C=O) groups is 1. The first-order chi connectivity index (χ1) is 12.6. The second kappa shape index (κ2) is 6.97. The van der Waals surface area contributed by atoms with Gasteiger partial charge in [0.05, 0.1) is 21.8 Å². The predicted molar refractivity (Wildman–Crippen MR) is 103 cm³/mol. The van der Waals surface area contributed by atoms with Crippen LogP contribution in [0.15, 0.2) is 42.5 Å². The third-order valence-corrected chi connectivity index (χ3v) is 5.26. The van der Waals surface area contributed by atoms with Gasteiger partial charge in [0.25, 0.3) is 0 Å². The van der Waals surface area contributed by atoms with E-state index in [1.807, 2.05) is 24.3 Å². The lowest BCUT2D eigenvalue weighted by molar-refractivity contribution is -0.125. The number of likely N-dealkylation sites (N-methyl/N-ethyl adjacent to an activating group) is 1. The van der Waals surface area contributed by atoms with Crippen molar-refractivity contribution in [3.63, 3.8) is 0 Å². The average molecular weight is 387 g/mol. The fourth-order valence-corrected chi connectivity index (χ4v) is 3.94. The Balaban J connectivity index is 1.45. The first-order valence-corrected chi connectivity index (χ1v) is 9.16. The Morgan fingerprint density at radius 1 is 1.35 bits per heavy atom. The molecule has 0 radical (unpaired) electrons. The van der Waals surface area contributed by atoms with Crippen LogP contribution in [0.4, 0.5) is 0 Å². The van der Waals surface area contributed by atoms with Crippen LogP contribution in [-0.2, 0) is 11.3 Å². The molecule has 0 unspecified atom stereocenters. The van der Waals surface area contributed by atoms with Gasteiger partial charge in [-0.05, 0) is 35.9 Å². The van der Waals surface area contributed by atoms with Crippen LogP contribution in [0, 0.1) is 0 Å². The number of carbonyl (C=O) groups excluding carboxylic acids is 1. The highest BCUT2D eigenvalue weighted by Gasteiger charge is 2.17. The van der Waals surface area contributed by atoms with Crippen molar-refractivity contribution >= 4 is 45.1 Å². The number of hydrogen-bond donors (Lipinski definition) is 0. The molecule has 132 valence electrons. The number of rotatable bonds is 4. The smallest absolute Gasteiger partial charge is 0.246 e. The Hall–Kier alpha value is -2.57. The summed E-state index contributed by atoms with van der Waals surface area (Å²) in [6, 6.07) is 11.5. The first kappa shape index (κ1) is 16.9. The van der Waals surface area contributed by atoms with E-state index in [0.29, 0.717) is 23.1 Å². The minimum Gasteiger partial charge on any atom is -0.454 e. The number of ether oxygens (including phenoxy) is 2. The maximum Gasteiger partial charge on any atom is 0.246 e. The lowest BCUT2D eigenvalue weighted by atomic mass is 10.2. The molecule has 0 fully saturated rings. The van der Waals surface area contributed by atoms with Crippen LogP contribution >= 0.6 is 22.9 Å². The van der Waals surface area contributed by atoms with Crippen LogP contribution in [-0.4, -0.2) is 29.6 Å². The second-order valence-electron chi connectivity index (χ2n) is 5.84. The summed E-state index contributed by atoms with van der Waals surface area (Å²) in [5.74, 6) is 1.02. The molecule has 1 amide bonds. The molecule has 2 heterocycles. The summed E-state index contributed by atoms with van der Waals surface area (Å²) in [6.45, 7) is 0.621. The molecular weight excluding hydrogens is 372 g/mol. The molecule has 0 bridgehead atoms. The number of benzene rings is 2. The van der Waals surface area contributed by atoms with Crippen molar-refractivity contribution in [1.82, 2.24) is 9.88 Å². The van der Waals surface area contributed by atoms with E-state index >= 15 is 0 Å². The van der Waals surface area contributed by atoms with Gasteiger partial charge in [0.15, 0.2) is 11.5 Å². The zero-order valence-corrected chi connectivity index (χ0v) is 15.5. The van der Waals surface area contributed by atoms with Gasteiger partial charge in [-0.3, -0.25) is 4.79 Å². The van der Waals surface area contributed by atoms with E-state index < -0.39 is 0 Å². The predicted octanol–water partition coefficient (Wildman–Crippen LogP) is 4.35. The third kappa shape index (κ3) is 3.38. The Kier molecular flexibility index (Phi) is 4.53. The van der Waals surface area contributed by atoms with E-state index in [-0.39, 0.29) is 12.7 Å². The lowest BCUT2D eigenvalue weighted by Gasteiger charge is -2.12. The number of fused-ring (bicyclic) bond motifs is 2. The van der Waals surface area contributed by atoms with E-state index in [2.05, 4.69) is 4.98 Å². The quantitative estimate of drug-likeness (QED) is 0.625. The molecule has 26 heavy (non-hydrogen) atoms. The molecule has 5 nitrogen and oxygen atoms in total. The summed E-state index contributed by atoms with van der Waals surface area (Å²) in [5, 5.41) is 1.37. The fourth-order valence-electron chi connectivity index (χ4n) is 2.65. The minimum absolute atomic E-state index is 0.113. The largest absolute Gasteiger partial charge is 0.454 e. The summed E-state index contributed by atoms with van der Waals surface area (Å²) in [4.78, 5) is 18.6. The Morgan fingerprint density at radius 3 is 3.04 bits per heavy atom. The van der Waals surface area contributed by atoms with Crippen LogP contribution in [0.1, 0.15) is 10.6 Å². The Morgan fingerprint density at radius 2 is 2.19 bits per heavy atom. The van der Waals surface area contributed by atoms with Crippen molar-refractivity contribution in [3.05, 3.63) is 58.1 Å². The Bertz CT molecular complexity index is 982. The van der Waals surface area contributed by atoms with Crippen molar-refractivity contribution in [3.8, 4) is 11.5 Å². The topological polar surface area (TPSA) is 51.7 Å². The first-order valence-electron chi connectivity index (χ1n) is 7.97. The molecule has 0 aliphatic carbocycles. The molecule has 0 atom stereocenters. The molecule has 3 aromatic rings. The average Bonchev–Trinajstić information content (AvgIpc) is 3.25. The zero-order valence-electron chi connectivity index (χ0n) is 13.9. The van der Waals surface area contributed by atoms with E-state index in [9.17, 15) is 4.79 Å². The van der Waals surface area contributed by atoms with Gasteiger partial charge < -0.3 is 14.4 Å². The van der Waals surface area contributed by atoms with Gasteiger partial charge in [0.2, 0.25) is 12.7 Å². The van der Waals surface area contributed by atoms with Gasteiger partial charge >= 0.3 is 0 Å². The van der Waals surface area contributed by atoms with E-state index in [1.165, 1.54) is 6.08 Å². The van der Waals surface area contributed by atoms with Gasteiger partial charge in [0, 0.05) is 13.1 Å². The summed E-state index contributed by atoms with van der Waals surface area (Å²) in [7, 11) is 1.76. The molecule has 0 N–H and O–H groups in total. The SMILES string of the molecule is CN(Cc1nc2ccccc2s1)C(=O)/C=C/c1cc(Cl)c2c(c1)OCO2. The van der Waals surface area contributed by atoms with Gasteiger partial charge in [-0.1, -0.05) is 23.7 Å². The van der Waals surface area contributed by atoms with Gasteiger partial charge in [-0.25, -0.2) is 4.98 Å². The van der Waals surface area contributed by atoms with Crippen molar-refractivity contribution < 1.29 is 14.3 Å². The maximum atomic E-state index is 12.4. The van der Waals surface area contributed by atoms with Crippen LogP contribution in [0.25, 0.3) is 16.3 Å². The van der Waals surface area contributed by atoms with Crippen molar-refractivity contribution in [2.75, 3.05) is 13.8 Å². The number of nitrogens with zero attached hydrogens (tertiary/aromatic N) is 2. The van der Waals surface area contributed by atoms with Crippen LogP contribution in [0.5, 0.6) is 11.5 Å². The number of aromatic nitrogens is 1. The normalized spacial score (nSPS) is 12.8. The van der Waals surface area contributed by atoms with Gasteiger partial charge in [0.1, 0.15) is 5.01 Å². The lowest BCUT2D eigenvalue weighted by Crippen LogP contribution is -2.23. The number of thiazole rings is 1. The maximum absolute atomic E-state index is 12.4. The van der Waals surface area contributed by atoms with Crippen LogP contribution < -0.4 is 9.47 Å². The zero-order chi connectivity index (χ0) is 18.1. The van der Waals surface area contributed by atoms with Crippen LogP contribution in [0.3, 0.4) is 0 Å². The molecule has 2 aromatic carbocycles. The number of halogens is 1. The third-order valence-electron chi connectivity index (χ3n) is 3.95. The standard InChI is InChI=1S/C19H15ClN2O3S/c1-22(10-17-21-14-4-2-3-5-16(14)26-17)18(23)7-6-12-8-13(20)19-15(9-12)24-11-25-19/h2-9H,10-11H2,1H3/b7-6+. The van der Waals surface area contributed by atoms with E-state index in [1.54, 1.807) is 41.5 Å². The highest BCUT2D eigenvalue weighted by molar-refractivity contribution is 7.18. The summed E-state index contributed by atoms with van der Waals surface area (Å²) >= 11 is 7.75. The molecule has 1 aromatic heterocycles. The highest BCUT2D eigenvalue weighted by atomic mass is 35.5. The fraction of sp³-hybridized carbons (Fsp3) is 0.158. The molecule has 1 aliphatic heterocycles. The molecule has 0 saturated heterocycles. The number of amides is 1. The monoisotopic (exact) mass is 386 g/mol. The van der Waals surface area contributed by atoms with Crippen molar-refractivity contribution in [2.24, 2.45) is 0 Å². The molecule has 4 rings (SSSR count). The van der Waals surface area contributed by atoms with E-state index in [4.69, 9.17) is 21.1 Å². The molecule has 0 spiro atoms. The molecule has 1 aliphatic rings. The van der Waals surface area contributed by atoms with Crippen LogP contribution in [0.2, 0.25) is 5.02 Å². The summed E-state index contributed by atoms with van der Waals surface area (Å²) < 4.78 is 11.7. The summed E-state index contributed by atoms with van der Waals surface area (Å²) in [5.41, 5.74) is 1.74. The molecule has 7 heteroatoms. The summed E-state index contributed by atoms with van der Waals surface area (Å²) in [6.07, 6.45) is 3.23. The number of para-hydroxylation sites is 1. The van der Waals surface area contributed by atoms with Crippen molar-refractivity contribution in [1.29, 1.82) is 0 Å².